The predicted molar refractivity (Wildman–Crippen MR) is 84.5 cm³/mol. The molecule has 1 amide bonds. The van der Waals surface area contributed by atoms with Gasteiger partial charge in [0.05, 0.1) is 6.26 Å². The fourth-order valence-electron chi connectivity index (χ4n) is 4.49. The summed E-state index contributed by atoms with van der Waals surface area (Å²) in [5, 5.41) is 0. The summed E-state index contributed by atoms with van der Waals surface area (Å²) in [6.07, 6.45) is 6.63. The summed E-state index contributed by atoms with van der Waals surface area (Å²) in [6, 6.07) is 0.278. The molecule has 2 N–H and O–H groups in total. The number of carbonyl (C=O) groups is 1. The van der Waals surface area contributed by atoms with Crippen molar-refractivity contribution in [1.29, 1.82) is 0 Å². The zero-order valence-electron chi connectivity index (χ0n) is 13.3. The number of nitrogens with two attached hydrogens (primary N) is 1. The molecule has 126 valence electrons. The standard InChI is InChI=1S/C15H27N3O3S/c1-22(20,21)18-7-5-17(6-8-18)15(19)13-9-11-3-2-4-12(10-13)14(11)16/h11-14H,2-10,16H2,1H3. The van der Waals surface area contributed by atoms with E-state index in [0.717, 1.165) is 25.7 Å². The first-order valence-electron chi connectivity index (χ1n) is 8.35. The third-order valence-corrected chi connectivity index (χ3v) is 7.08. The Morgan fingerprint density at radius 1 is 1.05 bits per heavy atom. The summed E-state index contributed by atoms with van der Waals surface area (Å²) < 4.78 is 24.5. The van der Waals surface area contributed by atoms with Gasteiger partial charge in [0.15, 0.2) is 0 Å². The quantitative estimate of drug-likeness (QED) is 0.787. The van der Waals surface area contributed by atoms with Crippen LogP contribution < -0.4 is 5.73 Å². The predicted octanol–water partition coefficient (Wildman–Crippen LogP) is 0.244. The van der Waals surface area contributed by atoms with E-state index in [4.69, 9.17) is 5.73 Å². The summed E-state index contributed by atoms with van der Waals surface area (Å²) in [4.78, 5) is 14.6. The minimum absolute atomic E-state index is 0.0971. The lowest BCUT2D eigenvalue weighted by Gasteiger charge is -2.45. The van der Waals surface area contributed by atoms with Crippen molar-refractivity contribution in [3.8, 4) is 0 Å². The molecule has 7 heteroatoms. The Bertz CT molecular complexity index is 514. The van der Waals surface area contributed by atoms with Gasteiger partial charge in [0.25, 0.3) is 0 Å². The van der Waals surface area contributed by atoms with Crippen molar-refractivity contribution in [2.24, 2.45) is 23.5 Å². The van der Waals surface area contributed by atoms with Gasteiger partial charge in [-0.1, -0.05) is 6.42 Å². The first-order valence-corrected chi connectivity index (χ1v) is 10.2. The lowest BCUT2D eigenvalue weighted by atomic mass is 9.65. The molecule has 2 atom stereocenters. The van der Waals surface area contributed by atoms with Gasteiger partial charge >= 0.3 is 0 Å². The van der Waals surface area contributed by atoms with E-state index in [9.17, 15) is 13.2 Å². The minimum Gasteiger partial charge on any atom is -0.340 e. The van der Waals surface area contributed by atoms with Gasteiger partial charge in [0.2, 0.25) is 15.9 Å². The molecule has 2 bridgehead atoms. The Kier molecular flexibility index (Phi) is 4.49. The summed E-state index contributed by atoms with van der Waals surface area (Å²) in [5.74, 6) is 1.31. The Balaban J connectivity index is 1.59. The maximum atomic E-state index is 12.8. The second-order valence-electron chi connectivity index (χ2n) is 7.18. The van der Waals surface area contributed by atoms with Gasteiger partial charge in [-0.3, -0.25) is 4.79 Å². The molecular formula is C15H27N3O3S. The topological polar surface area (TPSA) is 83.7 Å². The van der Waals surface area contributed by atoms with Crippen molar-refractivity contribution in [3.05, 3.63) is 0 Å². The molecule has 3 aliphatic rings. The number of fused-ring (bicyclic) bond motifs is 2. The van der Waals surface area contributed by atoms with E-state index in [-0.39, 0.29) is 17.9 Å². The van der Waals surface area contributed by atoms with Crippen LogP contribution in [0.15, 0.2) is 0 Å². The van der Waals surface area contributed by atoms with E-state index in [1.165, 1.54) is 17.0 Å². The molecule has 0 aromatic heterocycles. The van der Waals surface area contributed by atoms with Crippen molar-refractivity contribution in [2.75, 3.05) is 32.4 Å². The Hall–Kier alpha value is -0.660. The average Bonchev–Trinajstić information content (AvgIpc) is 2.45. The highest BCUT2D eigenvalue weighted by molar-refractivity contribution is 7.88. The second-order valence-corrected chi connectivity index (χ2v) is 9.17. The van der Waals surface area contributed by atoms with E-state index in [0.29, 0.717) is 38.0 Å². The van der Waals surface area contributed by atoms with Crippen molar-refractivity contribution in [2.45, 2.75) is 38.1 Å². The number of carbonyl (C=O) groups excluding carboxylic acids is 1. The van der Waals surface area contributed by atoms with E-state index in [1.807, 2.05) is 4.90 Å². The molecule has 1 saturated heterocycles. The van der Waals surface area contributed by atoms with Gasteiger partial charge in [-0.15, -0.1) is 0 Å². The molecule has 3 rings (SSSR count). The maximum absolute atomic E-state index is 12.8. The van der Waals surface area contributed by atoms with E-state index in [1.54, 1.807) is 0 Å². The maximum Gasteiger partial charge on any atom is 0.225 e. The molecule has 22 heavy (non-hydrogen) atoms. The number of nitrogens with zero attached hydrogens (tertiary/aromatic N) is 2. The molecule has 0 spiro atoms. The highest BCUT2D eigenvalue weighted by Gasteiger charge is 2.42. The van der Waals surface area contributed by atoms with Crippen LogP contribution in [0.5, 0.6) is 0 Å². The highest BCUT2D eigenvalue weighted by atomic mass is 32.2. The van der Waals surface area contributed by atoms with Crippen LogP contribution >= 0.6 is 0 Å². The summed E-state index contributed by atoms with van der Waals surface area (Å²) in [6.45, 7) is 1.88. The molecule has 0 aromatic carbocycles. The van der Waals surface area contributed by atoms with Crippen LogP contribution in [0.1, 0.15) is 32.1 Å². The minimum atomic E-state index is -3.14. The van der Waals surface area contributed by atoms with Crippen LogP contribution in [0, 0.1) is 17.8 Å². The zero-order valence-corrected chi connectivity index (χ0v) is 14.1. The molecule has 2 aliphatic carbocycles. The Labute approximate surface area is 133 Å². The normalized spacial score (nSPS) is 37.1. The summed E-state index contributed by atoms with van der Waals surface area (Å²) in [5.41, 5.74) is 6.29. The molecule has 0 aromatic rings. The van der Waals surface area contributed by atoms with Gasteiger partial charge in [-0.2, -0.15) is 4.31 Å². The number of hydrogen-bond donors (Lipinski definition) is 1. The van der Waals surface area contributed by atoms with E-state index < -0.39 is 10.0 Å². The Morgan fingerprint density at radius 2 is 1.59 bits per heavy atom. The number of hydrogen-bond acceptors (Lipinski definition) is 4. The van der Waals surface area contributed by atoms with E-state index in [2.05, 4.69) is 0 Å². The molecule has 2 saturated carbocycles. The Morgan fingerprint density at radius 3 is 2.09 bits per heavy atom. The molecule has 0 radical (unpaired) electrons. The van der Waals surface area contributed by atoms with Crippen LogP contribution in [-0.2, 0) is 14.8 Å². The number of sulfonamides is 1. The summed E-state index contributed by atoms with van der Waals surface area (Å²) in [7, 11) is -3.14. The van der Waals surface area contributed by atoms with Crippen LogP contribution in [0.3, 0.4) is 0 Å². The number of piperazine rings is 1. The van der Waals surface area contributed by atoms with Gasteiger partial charge < -0.3 is 10.6 Å². The monoisotopic (exact) mass is 329 g/mol. The van der Waals surface area contributed by atoms with Gasteiger partial charge in [0.1, 0.15) is 0 Å². The van der Waals surface area contributed by atoms with Crippen molar-refractivity contribution in [3.63, 3.8) is 0 Å². The van der Waals surface area contributed by atoms with Crippen molar-refractivity contribution < 1.29 is 13.2 Å². The van der Waals surface area contributed by atoms with Gasteiger partial charge in [-0.05, 0) is 37.5 Å². The van der Waals surface area contributed by atoms with Crippen LogP contribution in [-0.4, -0.2) is 62.0 Å². The first-order chi connectivity index (χ1) is 10.4. The SMILES string of the molecule is CS(=O)(=O)N1CCN(C(=O)C2CC3CCCC(C2)C3N)CC1. The van der Waals surface area contributed by atoms with Gasteiger partial charge in [-0.25, -0.2) is 8.42 Å². The third kappa shape index (κ3) is 3.16. The van der Waals surface area contributed by atoms with Crippen molar-refractivity contribution in [1.82, 2.24) is 9.21 Å². The molecule has 1 aliphatic heterocycles. The lowest BCUT2D eigenvalue weighted by Crippen LogP contribution is -2.54. The van der Waals surface area contributed by atoms with Gasteiger partial charge in [0, 0.05) is 38.1 Å². The molecule has 6 nitrogen and oxygen atoms in total. The van der Waals surface area contributed by atoms with E-state index >= 15 is 0 Å². The fraction of sp³-hybridized carbons (Fsp3) is 0.933. The highest BCUT2D eigenvalue weighted by Crippen LogP contribution is 2.42. The molecule has 3 fully saturated rings. The zero-order chi connectivity index (χ0) is 15.9. The molecule has 1 heterocycles. The molecular weight excluding hydrogens is 302 g/mol. The second kappa shape index (κ2) is 6.09. The lowest BCUT2D eigenvalue weighted by molar-refractivity contribution is -0.139. The average molecular weight is 329 g/mol. The van der Waals surface area contributed by atoms with Crippen LogP contribution in [0.25, 0.3) is 0 Å². The number of amides is 1. The molecule has 2 unspecified atom stereocenters. The first kappa shape index (κ1) is 16.2. The third-order valence-electron chi connectivity index (χ3n) is 5.78. The van der Waals surface area contributed by atoms with Crippen molar-refractivity contribution >= 4 is 15.9 Å². The largest absolute Gasteiger partial charge is 0.340 e. The smallest absolute Gasteiger partial charge is 0.225 e. The summed E-state index contributed by atoms with van der Waals surface area (Å²) >= 11 is 0. The van der Waals surface area contributed by atoms with Crippen LogP contribution in [0.2, 0.25) is 0 Å². The fourth-order valence-corrected chi connectivity index (χ4v) is 5.32. The number of rotatable bonds is 2. The van der Waals surface area contributed by atoms with Crippen LogP contribution in [0.4, 0.5) is 0 Å².